The molecule has 1 nitrogen and oxygen atoms in total. The maximum atomic E-state index is 13.8. The summed E-state index contributed by atoms with van der Waals surface area (Å²) in [6.45, 7) is 0. The van der Waals surface area contributed by atoms with Crippen LogP contribution >= 0.6 is 15.9 Å². The molecule has 23 heavy (non-hydrogen) atoms. The van der Waals surface area contributed by atoms with Crippen molar-refractivity contribution in [3.05, 3.63) is 53.8 Å². The van der Waals surface area contributed by atoms with Crippen molar-refractivity contribution >= 4 is 15.9 Å². The molecule has 3 heteroatoms. The first-order valence-electron chi connectivity index (χ1n) is 8.21. The number of halogens is 2. The summed E-state index contributed by atoms with van der Waals surface area (Å²) in [5, 5.41) is 1.13. The van der Waals surface area contributed by atoms with Gasteiger partial charge in [0.15, 0.2) is 11.6 Å². The van der Waals surface area contributed by atoms with E-state index in [0.717, 1.165) is 22.4 Å². The van der Waals surface area contributed by atoms with Crippen LogP contribution in [0.4, 0.5) is 4.39 Å². The third kappa shape index (κ3) is 3.77. The van der Waals surface area contributed by atoms with E-state index >= 15 is 0 Å². The molecule has 0 spiro atoms. The summed E-state index contributed by atoms with van der Waals surface area (Å²) in [4.78, 5) is 0. The molecule has 0 heterocycles. The van der Waals surface area contributed by atoms with E-state index in [1.807, 2.05) is 6.07 Å². The van der Waals surface area contributed by atoms with Crippen LogP contribution in [0.15, 0.2) is 42.5 Å². The number of ether oxygens (including phenoxy) is 1. The molecule has 2 aromatic rings. The lowest BCUT2D eigenvalue weighted by molar-refractivity contribution is 0.354. The molecule has 0 aromatic heterocycles. The smallest absolute Gasteiger partial charge is 0.165 e. The number of rotatable bonds is 4. The molecular formula is C20H22BrFO. The van der Waals surface area contributed by atoms with Gasteiger partial charge in [0.2, 0.25) is 0 Å². The summed E-state index contributed by atoms with van der Waals surface area (Å²) in [6, 6.07) is 13.7. The Morgan fingerprint density at radius 3 is 2.22 bits per heavy atom. The highest BCUT2D eigenvalue weighted by molar-refractivity contribution is 9.09. The van der Waals surface area contributed by atoms with Crippen LogP contribution < -0.4 is 4.74 Å². The van der Waals surface area contributed by atoms with Gasteiger partial charge in [-0.1, -0.05) is 46.3 Å². The normalized spacial score (nSPS) is 21.2. The van der Waals surface area contributed by atoms with Gasteiger partial charge in [0, 0.05) is 5.33 Å². The third-order valence-electron chi connectivity index (χ3n) is 4.93. The predicted octanol–water partition coefficient (Wildman–Crippen LogP) is 6.17. The summed E-state index contributed by atoms with van der Waals surface area (Å²) in [7, 11) is 1.48. The Morgan fingerprint density at radius 1 is 1.00 bits per heavy atom. The number of benzene rings is 2. The van der Waals surface area contributed by atoms with Crippen LogP contribution in [-0.4, -0.2) is 12.4 Å². The van der Waals surface area contributed by atoms with Crippen LogP contribution in [0.5, 0.6) is 5.75 Å². The van der Waals surface area contributed by atoms with Crippen molar-refractivity contribution in [3.63, 3.8) is 0 Å². The maximum Gasteiger partial charge on any atom is 0.165 e. The number of hydrogen-bond acceptors (Lipinski definition) is 1. The Balaban J connectivity index is 1.73. The lowest BCUT2D eigenvalue weighted by atomic mass is 9.79. The van der Waals surface area contributed by atoms with Crippen molar-refractivity contribution in [2.24, 2.45) is 5.92 Å². The summed E-state index contributed by atoms with van der Waals surface area (Å²) in [5.41, 5.74) is 3.35. The molecule has 2 aromatic carbocycles. The van der Waals surface area contributed by atoms with E-state index in [9.17, 15) is 4.39 Å². The van der Waals surface area contributed by atoms with Gasteiger partial charge in [-0.15, -0.1) is 0 Å². The molecule has 0 saturated heterocycles. The molecular weight excluding hydrogens is 355 g/mol. The molecule has 0 unspecified atom stereocenters. The standard InChI is InChI=1S/C20H22BrFO/c1-23-20-11-10-18(12-19(20)22)17-8-6-16(7-9-17)15-4-2-14(13-21)3-5-15/h6-12,14-15H,2-5,13H2,1H3. The maximum absolute atomic E-state index is 13.8. The molecule has 1 aliphatic rings. The second-order valence-corrected chi connectivity index (χ2v) is 6.99. The van der Waals surface area contributed by atoms with E-state index in [1.165, 1.54) is 44.4 Å². The predicted molar refractivity (Wildman–Crippen MR) is 96.9 cm³/mol. The van der Waals surface area contributed by atoms with Gasteiger partial charge >= 0.3 is 0 Å². The average molecular weight is 377 g/mol. The number of methoxy groups -OCH3 is 1. The summed E-state index contributed by atoms with van der Waals surface area (Å²) < 4.78 is 18.8. The van der Waals surface area contributed by atoms with Gasteiger partial charge in [0.25, 0.3) is 0 Å². The van der Waals surface area contributed by atoms with Crippen LogP contribution in [0, 0.1) is 11.7 Å². The fraction of sp³-hybridized carbons (Fsp3) is 0.400. The number of alkyl halides is 1. The molecule has 0 amide bonds. The molecule has 0 aliphatic heterocycles. The highest BCUT2D eigenvalue weighted by Gasteiger charge is 2.21. The van der Waals surface area contributed by atoms with E-state index in [-0.39, 0.29) is 11.6 Å². The molecule has 1 saturated carbocycles. The molecule has 1 fully saturated rings. The summed E-state index contributed by atoms with van der Waals surface area (Å²) in [6.07, 6.45) is 5.16. The van der Waals surface area contributed by atoms with Gasteiger partial charge in [-0.05, 0) is 66.3 Å². The molecule has 0 radical (unpaired) electrons. The van der Waals surface area contributed by atoms with E-state index in [2.05, 4.69) is 40.2 Å². The Labute approximate surface area is 146 Å². The monoisotopic (exact) mass is 376 g/mol. The minimum Gasteiger partial charge on any atom is -0.494 e. The highest BCUT2D eigenvalue weighted by Crippen LogP contribution is 2.37. The van der Waals surface area contributed by atoms with Crippen LogP contribution in [0.3, 0.4) is 0 Å². The first-order valence-corrected chi connectivity index (χ1v) is 9.33. The zero-order chi connectivity index (χ0) is 16.2. The van der Waals surface area contributed by atoms with Gasteiger partial charge in [0.05, 0.1) is 7.11 Å². The molecule has 0 bridgehead atoms. The Bertz CT molecular complexity index is 645. The second kappa shape index (κ2) is 7.48. The SMILES string of the molecule is COc1ccc(-c2ccc(C3CCC(CBr)CC3)cc2)cc1F. The third-order valence-corrected chi connectivity index (χ3v) is 5.85. The van der Waals surface area contributed by atoms with Crippen molar-refractivity contribution in [2.75, 3.05) is 12.4 Å². The zero-order valence-corrected chi connectivity index (χ0v) is 15.0. The Kier molecular flexibility index (Phi) is 5.37. The van der Waals surface area contributed by atoms with Crippen molar-refractivity contribution in [1.82, 2.24) is 0 Å². The van der Waals surface area contributed by atoms with Gasteiger partial charge in [-0.3, -0.25) is 0 Å². The van der Waals surface area contributed by atoms with Gasteiger partial charge in [-0.2, -0.15) is 0 Å². The van der Waals surface area contributed by atoms with Crippen molar-refractivity contribution in [1.29, 1.82) is 0 Å². The highest BCUT2D eigenvalue weighted by atomic mass is 79.9. The fourth-order valence-corrected chi connectivity index (χ4v) is 4.09. The number of hydrogen-bond donors (Lipinski definition) is 0. The van der Waals surface area contributed by atoms with Crippen molar-refractivity contribution in [2.45, 2.75) is 31.6 Å². The molecule has 1 aliphatic carbocycles. The van der Waals surface area contributed by atoms with Crippen LogP contribution in [-0.2, 0) is 0 Å². The van der Waals surface area contributed by atoms with E-state index < -0.39 is 0 Å². The minimum absolute atomic E-state index is 0.286. The van der Waals surface area contributed by atoms with Crippen molar-refractivity contribution < 1.29 is 9.13 Å². The molecule has 0 atom stereocenters. The van der Waals surface area contributed by atoms with Gasteiger partial charge in [0.1, 0.15) is 0 Å². The Hall–Kier alpha value is -1.35. The summed E-state index contributed by atoms with van der Waals surface area (Å²) >= 11 is 3.60. The molecule has 3 rings (SSSR count). The quantitative estimate of drug-likeness (QED) is 0.579. The average Bonchev–Trinajstić information content (AvgIpc) is 2.62. The summed E-state index contributed by atoms with van der Waals surface area (Å²) in [5.74, 6) is 1.48. The van der Waals surface area contributed by atoms with Crippen LogP contribution in [0.1, 0.15) is 37.2 Å². The Morgan fingerprint density at radius 2 is 1.65 bits per heavy atom. The van der Waals surface area contributed by atoms with E-state index in [1.54, 1.807) is 6.07 Å². The fourth-order valence-electron chi connectivity index (χ4n) is 3.44. The lowest BCUT2D eigenvalue weighted by Gasteiger charge is -2.27. The minimum atomic E-state index is -0.317. The first-order chi connectivity index (χ1) is 11.2. The van der Waals surface area contributed by atoms with Crippen molar-refractivity contribution in [3.8, 4) is 16.9 Å². The zero-order valence-electron chi connectivity index (χ0n) is 13.4. The molecule has 122 valence electrons. The largest absolute Gasteiger partial charge is 0.494 e. The lowest BCUT2D eigenvalue weighted by Crippen LogP contribution is -2.14. The molecule has 0 N–H and O–H groups in total. The first kappa shape index (κ1) is 16.5. The van der Waals surface area contributed by atoms with Gasteiger partial charge in [-0.25, -0.2) is 4.39 Å². The topological polar surface area (TPSA) is 9.23 Å². The van der Waals surface area contributed by atoms with Gasteiger partial charge < -0.3 is 4.74 Å². The van der Waals surface area contributed by atoms with E-state index in [4.69, 9.17) is 4.74 Å². The van der Waals surface area contributed by atoms with E-state index in [0.29, 0.717) is 5.92 Å². The van der Waals surface area contributed by atoms with Crippen LogP contribution in [0.25, 0.3) is 11.1 Å². The van der Waals surface area contributed by atoms with Crippen LogP contribution in [0.2, 0.25) is 0 Å². The second-order valence-electron chi connectivity index (χ2n) is 6.34.